The summed E-state index contributed by atoms with van der Waals surface area (Å²) in [4.78, 5) is 19.6. The number of aromatic nitrogens is 1. The smallest absolute Gasteiger partial charge is 0.267 e. The van der Waals surface area contributed by atoms with E-state index in [0.29, 0.717) is 5.69 Å². The molecule has 2 rings (SSSR count). The number of carbonyl (C=O) groups excluding carboxylic acids is 1. The molecule has 1 saturated heterocycles. The Labute approximate surface area is 113 Å². The van der Waals surface area contributed by atoms with Crippen molar-refractivity contribution in [3.63, 3.8) is 0 Å². The maximum Gasteiger partial charge on any atom is 0.267 e. The summed E-state index contributed by atoms with van der Waals surface area (Å²) in [5.74, 6) is -0.489. The molecule has 104 valence electrons. The van der Waals surface area contributed by atoms with Crippen LogP contribution in [0.25, 0.3) is 0 Å². The van der Waals surface area contributed by atoms with Gasteiger partial charge < -0.3 is 16.0 Å². The Balaban J connectivity index is 1.89. The van der Waals surface area contributed by atoms with Crippen molar-refractivity contribution >= 4 is 11.6 Å². The third-order valence-corrected chi connectivity index (χ3v) is 3.40. The summed E-state index contributed by atoms with van der Waals surface area (Å²) < 4.78 is 0. The Morgan fingerprint density at radius 3 is 2.95 bits per heavy atom. The summed E-state index contributed by atoms with van der Waals surface area (Å²) in [6.45, 7) is 6.25. The topological polar surface area (TPSA) is 74.5 Å². The van der Waals surface area contributed by atoms with Gasteiger partial charge >= 0.3 is 0 Å². The molecule has 1 aliphatic rings. The second kappa shape index (κ2) is 6.49. The number of nitrogens with one attached hydrogen (secondary N) is 1. The molecule has 6 nitrogen and oxygen atoms in total. The first-order chi connectivity index (χ1) is 9.16. The number of piperazine rings is 1. The van der Waals surface area contributed by atoms with E-state index in [1.54, 1.807) is 12.3 Å². The minimum atomic E-state index is -0.489. The zero-order chi connectivity index (χ0) is 13.7. The lowest BCUT2D eigenvalue weighted by Gasteiger charge is -2.29. The van der Waals surface area contributed by atoms with Gasteiger partial charge in [0.15, 0.2) is 0 Å². The van der Waals surface area contributed by atoms with Crippen LogP contribution in [-0.4, -0.2) is 62.1 Å². The van der Waals surface area contributed by atoms with Gasteiger partial charge in [0, 0.05) is 58.2 Å². The molecule has 0 radical (unpaired) electrons. The number of carbonyl (C=O) groups is 1. The third-order valence-electron chi connectivity index (χ3n) is 3.40. The average molecular weight is 263 g/mol. The molecule has 19 heavy (non-hydrogen) atoms. The Hall–Kier alpha value is -1.66. The summed E-state index contributed by atoms with van der Waals surface area (Å²) in [5.41, 5.74) is 6.52. The van der Waals surface area contributed by atoms with Crippen LogP contribution in [0.15, 0.2) is 18.3 Å². The molecule has 1 fully saturated rings. The quantitative estimate of drug-likeness (QED) is 0.751. The van der Waals surface area contributed by atoms with Gasteiger partial charge in [0.2, 0.25) is 0 Å². The summed E-state index contributed by atoms with van der Waals surface area (Å²) in [6.07, 6.45) is 1.62. The highest BCUT2D eigenvalue weighted by molar-refractivity contribution is 5.91. The molecule has 0 unspecified atom stereocenters. The number of likely N-dealkylation sites (N-methyl/N-ethyl adjacent to an activating group) is 1. The number of hydrogen-bond acceptors (Lipinski definition) is 5. The molecule has 0 aromatic carbocycles. The van der Waals surface area contributed by atoms with E-state index in [4.69, 9.17) is 5.73 Å². The number of anilines is 1. The molecule has 6 heteroatoms. The molecule has 3 N–H and O–H groups in total. The zero-order valence-corrected chi connectivity index (χ0v) is 11.3. The molecule has 0 saturated carbocycles. The van der Waals surface area contributed by atoms with E-state index in [-0.39, 0.29) is 0 Å². The van der Waals surface area contributed by atoms with Crippen LogP contribution in [0.5, 0.6) is 0 Å². The van der Waals surface area contributed by atoms with Gasteiger partial charge in [-0.3, -0.25) is 14.7 Å². The maximum atomic E-state index is 11.1. The van der Waals surface area contributed by atoms with Crippen LogP contribution >= 0.6 is 0 Å². The van der Waals surface area contributed by atoms with Crippen molar-refractivity contribution in [1.29, 1.82) is 0 Å². The summed E-state index contributed by atoms with van der Waals surface area (Å²) in [6, 6.07) is 3.63. The fourth-order valence-electron chi connectivity index (χ4n) is 2.15. The van der Waals surface area contributed by atoms with Crippen molar-refractivity contribution in [2.75, 3.05) is 51.2 Å². The standard InChI is InChI=1S/C13H21N5O/c1-17(8-9-18-6-4-15-5-7-18)11-2-3-16-12(10-11)13(14)19/h2-3,10,15H,4-9H2,1H3,(H2,14,19). The van der Waals surface area contributed by atoms with Crippen LogP contribution in [0.4, 0.5) is 5.69 Å². The molecule has 1 aromatic heterocycles. The van der Waals surface area contributed by atoms with Crippen LogP contribution < -0.4 is 16.0 Å². The molecular formula is C13H21N5O. The Kier molecular flexibility index (Phi) is 4.70. The summed E-state index contributed by atoms with van der Waals surface area (Å²) >= 11 is 0. The van der Waals surface area contributed by atoms with Gasteiger partial charge in [-0.1, -0.05) is 0 Å². The minimum Gasteiger partial charge on any atom is -0.373 e. The zero-order valence-electron chi connectivity index (χ0n) is 11.3. The van der Waals surface area contributed by atoms with Gasteiger partial charge in [0.05, 0.1) is 0 Å². The average Bonchev–Trinajstić information content (AvgIpc) is 2.46. The van der Waals surface area contributed by atoms with Gasteiger partial charge in [0.1, 0.15) is 5.69 Å². The fourth-order valence-corrected chi connectivity index (χ4v) is 2.15. The van der Waals surface area contributed by atoms with Crippen molar-refractivity contribution in [3.05, 3.63) is 24.0 Å². The van der Waals surface area contributed by atoms with Crippen LogP contribution in [0.1, 0.15) is 10.5 Å². The van der Waals surface area contributed by atoms with E-state index in [1.807, 2.05) is 13.1 Å². The van der Waals surface area contributed by atoms with Crippen molar-refractivity contribution in [3.8, 4) is 0 Å². The number of nitrogens with two attached hydrogens (primary N) is 1. The third kappa shape index (κ3) is 3.90. The number of pyridine rings is 1. The van der Waals surface area contributed by atoms with E-state index >= 15 is 0 Å². The number of hydrogen-bond donors (Lipinski definition) is 2. The second-order valence-electron chi connectivity index (χ2n) is 4.78. The largest absolute Gasteiger partial charge is 0.373 e. The van der Waals surface area contributed by atoms with Gasteiger partial charge in [-0.15, -0.1) is 0 Å². The van der Waals surface area contributed by atoms with Crippen molar-refractivity contribution in [2.24, 2.45) is 5.73 Å². The highest BCUT2D eigenvalue weighted by atomic mass is 16.1. The molecule has 0 spiro atoms. The number of nitrogens with zero attached hydrogens (tertiary/aromatic N) is 3. The lowest BCUT2D eigenvalue weighted by atomic mass is 10.3. The lowest BCUT2D eigenvalue weighted by molar-refractivity contribution is 0.0995. The van der Waals surface area contributed by atoms with Gasteiger partial charge in [0.25, 0.3) is 5.91 Å². The minimum absolute atomic E-state index is 0.312. The van der Waals surface area contributed by atoms with Crippen molar-refractivity contribution in [2.45, 2.75) is 0 Å². The molecule has 0 aliphatic carbocycles. The highest BCUT2D eigenvalue weighted by Gasteiger charge is 2.11. The first-order valence-electron chi connectivity index (χ1n) is 6.57. The summed E-state index contributed by atoms with van der Waals surface area (Å²) in [5, 5.41) is 3.34. The van der Waals surface area contributed by atoms with E-state index in [1.165, 1.54) is 0 Å². The SMILES string of the molecule is CN(CCN1CCNCC1)c1ccnc(C(N)=O)c1. The highest BCUT2D eigenvalue weighted by Crippen LogP contribution is 2.12. The van der Waals surface area contributed by atoms with Gasteiger partial charge in [-0.2, -0.15) is 0 Å². The first-order valence-corrected chi connectivity index (χ1v) is 6.57. The molecular weight excluding hydrogens is 242 g/mol. The molecule has 1 aromatic rings. The van der Waals surface area contributed by atoms with E-state index in [2.05, 4.69) is 20.1 Å². The molecule has 0 bridgehead atoms. The Bertz CT molecular complexity index is 431. The van der Waals surface area contributed by atoms with Gasteiger partial charge in [-0.05, 0) is 12.1 Å². The van der Waals surface area contributed by atoms with Gasteiger partial charge in [-0.25, -0.2) is 0 Å². The molecule has 0 atom stereocenters. The Morgan fingerprint density at radius 2 is 2.26 bits per heavy atom. The van der Waals surface area contributed by atoms with Crippen LogP contribution in [0, 0.1) is 0 Å². The van der Waals surface area contributed by atoms with E-state index in [0.717, 1.165) is 45.0 Å². The van der Waals surface area contributed by atoms with Crippen molar-refractivity contribution < 1.29 is 4.79 Å². The maximum absolute atomic E-state index is 11.1. The molecule has 1 aliphatic heterocycles. The first kappa shape index (κ1) is 13.8. The molecule has 2 heterocycles. The summed E-state index contributed by atoms with van der Waals surface area (Å²) in [7, 11) is 2.02. The van der Waals surface area contributed by atoms with E-state index < -0.39 is 5.91 Å². The van der Waals surface area contributed by atoms with Crippen LogP contribution in [0.2, 0.25) is 0 Å². The predicted octanol–water partition coefficient (Wildman–Crippen LogP) is -0.478. The molecule has 1 amide bonds. The Morgan fingerprint density at radius 1 is 1.53 bits per heavy atom. The number of primary amides is 1. The monoisotopic (exact) mass is 263 g/mol. The van der Waals surface area contributed by atoms with Crippen molar-refractivity contribution in [1.82, 2.24) is 15.2 Å². The normalized spacial score (nSPS) is 16.3. The van der Waals surface area contributed by atoms with E-state index in [9.17, 15) is 4.79 Å². The second-order valence-corrected chi connectivity index (χ2v) is 4.78. The fraction of sp³-hybridized carbons (Fsp3) is 0.538. The van der Waals surface area contributed by atoms with Crippen LogP contribution in [-0.2, 0) is 0 Å². The number of amides is 1. The number of rotatable bonds is 5. The predicted molar refractivity (Wildman–Crippen MR) is 75.3 cm³/mol. The lowest BCUT2D eigenvalue weighted by Crippen LogP contribution is -2.46. The van der Waals surface area contributed by atoms with Crippen LogP contribution in [0.3, 0.4) is 0 Å².